The molecular weight excluding hydrogens is 416 g/mol. The van der Waals surface area contributed by atoms with E-state index in [-0.39, 0.29) is 17.8 Å². The summed E-state index contributed by atoms with van der Waals surface area (Å²) < 4.78 is 33.0. The molecule has 3 rings (SSSR count). The molecule has 1 aliphatic heterocycles. The van der Waals surface area contributed by atoms with Gasteiger partial charge in [-0.25, -0.2) is 8.78 Å². The highest BCUT2D eigenvalue weighted by Crippen LogP contribution is 2.26. The van der Waals surface area contributed by atoms with Crippen LogP contribution in [0, 0.1) is 11.6 Å². The minimum absolute atomic E-state index is 0.0289. The van der Waals surface area contributed by atoms with Crippen molar-refractivity contribution in [3.8, 4) is 5.75 Å². The van der Waals surface area contributed by atoms with Gasteiger partial charge in [0.25, 0.3) is 5.91 Å². The number of piperidine rings is 1. The molecule has 0 radical (unpaired) electrons. The number of rotatable bonds is 3. The molecule has 1 aliphatic rings. The highest BCUT2D eigenvalue weighted by Gasteiger charge is 2.26. The minimum atomic E-state index is -0.723. The van der Waals surface area contributed by atoms with E-state index >= 15 is 0 Å². The number of hydrogen-bond acceptors (Lipinski definition) is 2. The quantitative estimate of drug-likeness (QED) is 0.681. The molecule has 25 heavy (non-hydrogen) atoms. The summed E-state index contributed by atoms with van der Waals surface area (Å²) in [6, 6.07) is 8.38. The normalized spacial score (nSPS) is 15.3. The fourth-order valence-electron chi connectivity index (χ4n) is 2.76. The zero-order valence-corrected chi connectivity index (χ0v) is 15.5. The molecule has 7 heteroatoms. The van der Waals surface area contributed by atoms with Crippen molar-refractivity contribution in [2.24, 2.45) is 0 Å². The van der Waals surface area contributed by atoms with Crippen molar-refractivity contribution in [1.82, 2.24) is 4.90 Å². The molecule has 1 fully saturated rings. The lowest BCUT2D eigenvalue weighted by atomic mass is 10.1. The van der Waals surface area contributed by atoms with Crippen molar-refractivity contribution in [2.45, 2.75) is 18.9 Å². The number of benzene rings is 2. The SMILES string of the molecule is O=C(c1cc(Br)ccc1Cl)N1CCC(Oc2ccc(F)cc2F)CC1. The Morgan fingerprint density at radius 1 is 1.16 bits per heavy atom. The number of amides is 1. The van der Waals surface area contributed by atoms with Gasteiger partial charge in [-0.1, -0.05) is 27.5 Å². The lowest BCUT2D eigenvalue weighted by Gasteiger charge is -2.32. The van der Waals surface area contributed by atoms with Gasteiger partial charge in [0, 0.05) is 36.5 Å². The smallest absolute Gasteiger partial charge is 0.255 e. The summed E-state index contributed by atoms with van der Waals surface area (Å²) in [5.74, 6) is -1.48. The van der Waals surface area contributed by atoms with E-state index in [0.29, 0.717) is 36.5 Å². The molecule has 0 bridgehead atoms. The predicted molar refractivity (Wildman–Crippen MR) is 95.1 cm³/mol. The molecule has 0 aromatic heterocycles. The van der Waals surface area contributed by atoms with Crippen LogP contribution in [0.5, 0.6) is 5.75 Å². The van der Waals surface area contributed by atoms with E-state index in [2.05, 4.69) is 15.9 Å². The average molecular weight is 431 g/mol. The summed E-state index contributed by atoms with van der Waals surface area (Å²) in [4.78, 5) is 14.3. The summed E-state index contributed by atoms with van der Waals surface area (Å²) in [7, 11) is 0. The van der Waals surface area contributed by atoms with Gasteiger partial charge in [-0.05, 0) is 30.3 Å². The van der Waals surface area contributed by atoms with Gasteiger partial charge in [-0.3, -0.25) is 4.79 Å². The van der Waals surface area contributed by atoms with Gasteiger partial charge in [-0.2, -0.15) is 0 Å². The lowest BCUT2D eigenvalue weighted by Crippen LogP contribution is -2.42. The molecule has 1 saturated heterocycles. The van der Waals surface area contributed by atoms with E-state index in [1.165, 1.54) is 6.07 Å². The van der Waals surface area contributed by atoms with Crippen LogP contribution in [0.15, 0.2) is 40.9 Å². The molecular formula is C18H15BrClF2NO2. The zero-order valence-electron chi connectivity index (χ0n) is 13.1. The van der Waals surface area contributed by atoms with Crippen LogP contribution in [0.3, 0.4) is 0 Å². The summed E-state index contributed by atoms with van der Waals surface area (Å²) in [5.41, 5.74) is 0.444. The first-order valence-corrected chi connectivity index (χ1v) is 8.97. The molecule has 0 spiro atoms. The average Bonchev–Trinajstić information content (AvgIpc) is 2.59. The minimum Gasteiger partial charge on any atom is -0.487 e. The molecule has 2 aromatic carbocycles. The molecule has 0 aliphatic carbocycles. The van der Waals surface area contributed by atoms with Crippen LogP contribution in [0.4, 0.5) is 8.78 Å². The highest BCUT2D eigenvalue weighted by molar-refractivity contribution is 9.10. The van der Waals surface area contributed by atoms with E-state index < -0.39 is 11.6 Å². The molecule has 0 saturated carbocycles. The first-order chi connectivity index (χ1) is 11.9. The topological polar surface area (TPSA) is 29.5 Å². The summed E-state index contributed by atoms with van der Waals surface area (Å²) in [6.07, 6.45) is 0.907. The lowest BCUT2D eigenvalue weighted by molar-refractivity contribution is 0.0588. The molecule has 132 valence electrons. The van der Waals surface area contributed by atoms with E-state index in [1.807, 2.05) is 0 Å². The Balaban J connectivity index is 1.61. The van der Waals surface area contributed by atoms with Crippen LogP contribution in [-0.2, 0) is 0 Å². The summed E-state index contributed by atoms with van der Waals surface area (Å²) >= 11 is 9.45. The number of carbonyl (C=O) groups is 1. The van der Waals surface area contributed by atoms with Crippen LogP contribution in [-0.4, -0.2) is 30.0 Å². The van der Waals surface area contributed by atoms with Gasteiger partial charge in [0.2, 0.25) is 0 Å². The van der Waals surface area contributed by atoms with Crippen molar-refractivity contribution in [2.75, 3.05) is 13.1 Å². The Hall–Kier alpha value is -1.66. The van der Waals surface area contributed by atoms with Gasteiger partial charge < -0.3 is 9.64 Å². The molecule has 1 amide bonds. The number of likely N-dealkylation sites (tertiary alicyclic amines) is 1. The molecule has 3 nitrogen and oxygen atoms in total. The van der Waals surface area contributed by atoms with Crippen molar-refractivity contribution in [1.29, 1.82) is 0 Å². The van der Waals surface area contributed by atoms with Crippen LogP contribution in [0.2, 0.25) is 5.02 Å². The highest BCUT2D eigenvalue weighted by atomic mass is 79.9. The second-order valence-corrected chi connectivity index (χ2v) is 7.13. The molecule has 0 N–H and O–H groups in total. The van der Waals surface area contributed by atoms with Crippen molar-refractivity contribution in [3.05, 3.63) is 63.1 Å². The number of nitrogens with zero attached hydrogens (tertiary/aromatic N) is 1. The molecule has 2 aromatic rings. The van der Waals surface area contributed by atoms with E-state index in [4.69, 9.17) is 16.3 Å². The second kappa shape index (κ2) is 7.70. The first kappa shape index (κ1) is 18.1. The maximum absolute atomic E-state index is 13.7. The number of hydrogen-bond donors (Lipinski definition) is 0. The van der Waals surface area contributed by atoms with Gasteiger partial charge in [0.15, 0.2) is 11.6 Å². The first-order valence-electron chi connectivity index (χ1n) is 7.80. The maximum atomic E-state index is 13.7. The number of carbonyl (C=O) groups excluding carboxylic acids is 1. The molecule has 0 unspecified atom stereocenters. The fourth-order valence-corrected chi connectivity index (χ4v) is 3.32. The third-order valence-corrected chi connectivity index (χ3v) is 4.90. The molecule has 0 atom stereocenters. The fraction of sp³-hybridized carbons (Fsp3) is 0.278. The predicted octanol–water partition coefficient (Wildman–Crippen LogP) is 5.06. The van der Waals surface area contributed by atoms with Crippen molar-refractivity contribution >= 4 is 33.4 Å². The summed E-state index contributed by atoms with van der Waals surface area (Å²) in [6.45, 7) is 0.963. The second-order valence-electron chi connectivity index (χ2n) is 5.81. The summed E-state index contributed by atoms with van der Waals surface area (Å²) in [5, 5.41) is 0.403. The monoisotopic (exact) mass is 429 g/mol. The molecule has 1 heterocycles. The Morgan fingerprint density at radius 2 is 1.88 bits per heavy atom. The van der Waals surface area contributed by atoms with Crippen LogP contribution in [0.25, 0.3) is 0 Å². The van der Waals surface area contributed by atoms with E-state index in [9.17, 15) is 13.6 Å². The third kappa shape index (κ3) is 4.30. The van der Waals surface area contributed by atoms with E-state index in [1.54, 1.807) is 23.1 Å². The van der Waals surface area contributed by atoms with Gasteiger partial charge in [0.1, 0.15) is 11.9 Å². The van der Waals surface area contributed by atoms with Crippen LogP contribution < -0.4 is 4.74 Å². The maximum Gasteiger partial charge on any atom is 0.255 e. The van der Waals surface area contributed by atoms with Crippen molar-refractivity contribution in [3.63, 3.8) is 0 Å². The number of halogens is 4. The third-order valence-electron chi connectivity index (χ3n) is 4.08. The standard InChI is InChI=1S/C18H15BrClF2NO2/c19-11-1-3-15(20)14(9-11)18(24)23-7-5-13(6-8-23)25-17-4-2-12(21)10-16(17)22/h1-4,9-10,13H,5-8H2. The number of ether oxygens (including phenoxy) is 1. The zero-order chi connectivity index (χ0) is 18.0. The Kier molecular flexibility index (Phi) is 5.59. The van der Waals surface area contributed by atoms with E-state index in [0.717, 1.165) is 16.6 Å². The van der Waals surface area contributed by atoms with Crippen molar-refractivity contribution < 1.29 is 18.3 Å². The largest absolute Gasteiger partial charge is 0.487 e. The van der Waals surface area contributed by atoms with Gasteiger partial charge in [0.05, 0.1) is 10.6 Å². The Labute approximate surface area is 157 Å². The van der Waals surface area contributed by atoms with Crippen LogP contribution >= 0.6 is 27.5 Å². The van der Waals surface area contributed by atoms with Gasteiger partial charge >= 0.3 is 0 Å². The Bertz CT molecular complexity index is 795. The van der Waals surface area contributed by atoms with Crippen LogP contribution in [0.1, 0.15) is 23.2 Å². The van der Waals surface area contributed by atoms with Gasteiger partial charge in [-0.15, -0.1) is 0 Å². The Morgan fingerprint density at radius 3 is 2.56 bits per heavy atom.